The summed E-state index contributed by atoms with van der Waals surface area (Å²) in [5, 5.41) is 2.22. The fraction of sp³-hybridized carbons (Fsp3) is 0.417. The Balaban J connectivity index is 0.00000441. The molecule has 0 aliphatic carbocycles. The van der Waals surface area contributed by atoms with E-state index in [1.54, 1.807) is 13.8 Å². The number of hydrogen-bond acceptors (Lipinski definition) is 4. The van der Waals surface area contributed by atoms with Gasteiger partial charge in [0.05, 0.1) is 10.7 Å². The maximum Gasteiger partial charge on any atom is 0.243 e. The van der Waals surface area contributed by atoms with Gasteiger partial charge in [0.1, 0.15) is 10.7 Å². The average Bonchev–Trinajstić information content (AvgIpc) is 2.29. The minimum absolute atomic E-state index is 0. The molecular formula is C12H18Cl2FN3O3S. The second-order valence-electron chi connectivity index (χ2n) is 5.26. The first-order valence-corrected chi connectivity index (χ1v) is 7.84. The van der Waals surface area contributed by atoms with Gasteiger partial charge in [-0.2, -0.15) is 0 Å². The van der Waals surface area contributed by atoms with E-state index in [2.05, 4.69) is 10.0 Å². The Hall–Kier alpha value is -0.930. The molecule has 1 aromatic rings. The topological polar surface area (TPSA) is 101 Å². The molecule has 0 fully saturated rings. The molecule has 0 saturated carbocycles. The normalized spacial score (nSPS) is 11.7. The fourth-order valence-electron chi connectivity index (χ4n) is 1.38. The van der Waals surface area contributed by atoms with E-state index in [1.165, 1.54) is 6.92 Å². The maximum atomic E-state index is 13.9. The Morgan fingerprint density at radius 2 is 1.95 bits per heavy atom. The zero-order valence-corrected chi connectivity index (χ0v) is 14.6. The van der Waals surface area contributed by atoms with Gasteiger partial charge in [-0.25, -0.2) is 17.5 Å². The van der Waals surface area contributed by atoms with E-state index < -0.39 is 32.2 Å². The summed E-state index contributed by atoms with van der Waals surface area (Å²) in [6, 6.07) is 1.79. The highest BCUT2D eigenvalue weighted by atomic mass is 35.5. The zero-order chi connectivity index (χ0) is 16.4. The summed E-state index contributed by atoms with van der Waals surface area (Å²) in [5.74, 6) is -1.47. The first-order chi connectivity index (χ1) is 9.42. The molecule has 0 saturated heterocycles. The number of anilines is 1. The molecule has 1 aromatic carbocycles. The quantitative estimate of drug-likeness (QED) is 0.732. The van der Waals surface area contributed by atoms with Crippen LogP contribution in [0.2, 0.25) is 5.02 Å². The second-order valence-corrected chi connectivity index (χ2v) is 7.40. The molecule has 126 valence electrons. The SMILES string of the molecule is CC(=O)Nc1cc(F)c(S(=O)(=O)NCC(C)(C)N)cc1Cl.Cl. The lowest BCUT2D eigenvalue weighted by Crippen LogP contribution is -2.45. The third kappa shape index (κ3) is 6.05. The summed E-state index contributed by atoms with van der Waals surface area (Å²) < 4.78 is 40.2. The van der Waals surface area contributed by atoms with Gasteiger partial charge in [-0.15, -0.1) is 12.4 Å². The van der Waals surface area contributed by atoms with Crippen molar-refractivity contribution in [2.24, 2.45) is 5.73 Å². The Bertz CT molecular complexity index is 660. The maximum absolute atomic E-state index is 13.9. The minimum atomic E-state index is -4.09. The summed E-state index contributed by atoms with van der Waals surface area (Å²) in [4.78, 5) is 10.3. The van der Waals surface area contributed by atoms with Crippen LogP contribution < -0.4 is 15.8 Å². The lowest BCUT2D eigenvalue weighted by Gasteiger charge is -2.19. The summed E-state index contributed by atoms with van der Waals surface area (Å²) in [6.45, 7) is 4.40. The molecule has 0 unspecified atom stereocenters. The molecule has 0 aromatic heterocycles. The van der Waals surface area contributed by atoms with Crippen molar-refractivity contribution in [2.75, 3.05) is 11.9 Å². The number of halogens is 3. The van der Waals surface area contributed by atoms with Gasteiger partial charge in [0, 0.05) is 25.1 Å². The molecule has 4 N–H and O–H groups in total. The molecule has 0 heterocycles. The van der Waals surface area contributed by atoms with Crippen molar-refractivity contribution < 1.29 is 17.6 Å². The van der Waals surface area contributed by atoms with Gasteiger partial charge in [0.15, 0.2) is 0 Å². The highest BCUT2D eigenvalue weighted by Gasteiger charge is 2.23. The molecule has 1 amide bonds. The van der Waals surface area contributed by atoms with E-state index in [1.807, 2.05) is 0 Å². The third-order valence-corrected chi connectivity index (χ3v) is 4.07. The molecule has 0 aliphatic heterocycles. The molecule has 0 aliphatic rings. The van der Waals surface area contributed by atoms with E-state index in [-0.39, 0.29) is 29.7 Å². The third-order valence-electron chi connectivity index (χ3n) is 2.34. The molecule has 10 heteroatoms. The van der Waals surface area contributed by atoms with Gasteiger partial charge in [0.2, 0.25) is 15.9 Å². The van der Waals surface area contributed by atoms with Gasteiger partial charge in [-0.1, -0.05) is 11.6 Å². The van der Waals surface area contributed by atoms with E-state index in [9.17, 15) is 17.6 Å². The van der Waals surface area contributed by atoms with Gasteiger partial charge in [-0.3, -0.25) is 4.79 Å². The summed E-state index contributed by atoms with van der Waals surface area (Å²) >= 11 is 5.84. The van der Waals surface area contributed by atoms with Crippen LogP contribution >= 0.6 is 24.0 Å². The fourth-order valence-corrected chi connectivity index (χ4v) is 2.96. The van der Waals surface area contributed by atoms with Gasteiger partial charge < -0.3 is 11.1 Å². The lowest BCUT2D eigenvalue weighted by atomic mass is 10.1. The van der Waals surface area contributed by atoms with Crippen LogP contribution in [0.3, 0.4) is 0 Å². The van der Waals surface area contributed by atoms with E-state index in [4.69, 9.17) is 17.3 Å². The van der Waals surface area contributed by atoms with Crippen LogP contribution in [0.25, 0.3) is 0 Å². The Morgan fingerprint density at radius 1 is 1.41 bits per heavy atom. The predicted octanol–water partition coefficient (Wildman–Crippen LogP) is 1.87. The van der Waals surface area contributed by atoms with Crippen molar-refractivity contribution in [1.82, 2.24) is 4.72 Å². The number of amides is 1. The molecule has 0 radical (unpaired) electrons. The van der Waals surface area contributed by atoms with Crippen LogP contribution in [0.1, 0.15) is 20.8 Å². The molecule has 0 bridgehead atoms. The number of benzene rings is 1. The number of carbonyl (C=O) groups is 1. The lowest BCUT2D eigenvalue weighted by molar-refractivity contribution is -0.114. The van der Waals surface area contributed by atoms with Crippen molar-refractivity contribution >= 4 is 45.6 Å². The number of nitrogens with one attached hydrogen (secondary N) is 2. The smallest absolute Gasteiger partial charge is 0.243 e. The van der Waals surface area contributed by atoms with Gasteiger partial charge >= 0.3 is 0 Å². The monoisotopic (exact) mass is 373 g/mol. The number of nitrogens with two attached hydrogens (primary N) is 1. The van der Waals surface area contributed by atoms with Crippen LogP contribution in [0.4, 0.5) is 10.1 Å². The van der Waals surface area contributed by atoms with Crippen molar-refractivity contribution in [2.45, 2.75) is 31.2 Å². The second kappa shape index (κ2) is 7.56. The Morgan fingerprint density at radius 3 is 2.41 bits per heavy atom. The van der Waals surface area contributed by atoms with Gasteiger partial charge in [0.25, 0.3) is 0 Å². The van der Waals surface area contributed by atoms with Crippen molar-refractivity contribution in [3.8, 4) is 0 Å². The Kier molecular flexibility index (Phi) is 7.24. The van der Waals surface area contributed by atoms with Crippen LogP contribution in [-0.2, 0) is 14.8 Å². The molecule has 0 spiro atoms. The van der Waals surface area contributed by atoms with Crippen LogP contribution in [-0.4, -0.2) is 26.4 Å². The highest BCUT2D eigenvalue weighted by molar-refractivity contribution is 7.89. The number of sulfonamides is 1. The van der Waals surface area contributed by atoms with Gasteiger partial charge in [-0.05, 0) is 19.9 Å². The largest absolute Gasteiger partial charge is 0.325 e. The van der Waals surface area contributed by atoms with Crippen LogP contribution in [0, 0.1) is 5.82 Å². The average molecular weight is 374 g/mol. The molecule has 1 rings (SSSR count). The minimum Gasteiger partial charge on any atom is -0.325 e. The molecule has 6 nitrogen and oxygen atoms in total. The van der Waals surface area contributed by atoms with E-state index >= 15 is 0 Å². The number of hydrogen-bond donors (Lipinski definition) is 3. The Labute approximate surface area is 140 Å². The molecule has 0 atom stereocenters. The van der Waals surface area contributed by atoms with Crippen LogP contribution in [0.15, 0.2) is 17.0 Å². The van der Waals surface area contributed by atoms with E-state index in [0.29, 0.717) is 0 Å². The first kappa shape index (κ1) is 21.1. The number of rotatable bonds is 5. The van der Waals surface area contributed by atoms with Crippen molar-refractivity contribution in [3.63, 3.8) is 0 Å². The highest BCUT2D eigenvalue weighted by Crippen LogP contribution is 2.28. The van der Waals surface area contributed by atoms with Crippen molar-refractivity contribution in [1.29, 1.82) is 0 Å². The summed E-state index contributed by atoms with van der Waals surface area (Å²) in [7, 11) is -4.09. The molecule has 22 heavy (non-hydrogen) atoms. The first-order valence-electron chi connectivity index (χ1n) is 5.97. The molecular weight excluding hydrogens is 356 g/mol. The van der Waals surface area contributed by atoms with Crippen molar-refractivity contribution in [3.05, 3.63) is 23.0 Å². The summed E-state index contributed by atoms with van der Waals surface area (Å²) in [5.41, 5.74) is 4.88. The summed E-state index contributed by atoms with van der Waals surface area (Å²) in [6.07, 6.45) is 0. The predicted molar refractivity (Wildman–Crippen MR) is 86.4 cm³/mol. The van der Waals surface area contributed by atoms with Crippen LogP contribution in [0.5, 0.6) is 0 Å². The number of carbonyl (C=O) groups excluding carboxylic acids is 1. The standard InChI is InChI=1S/C12H17ClFN3O3S.ClH/c1-7(18)17-10-5-9(14)11(4-8(10)13)21(19,20)16-6-12(2,3)15;/h4-5,16H,6,15H2,1-3H3,(H,17,18);1H. The zero-order valence-electron chi connectivity index (χ0n) is 12.2. The van der Waals surface area contributed by atoms with E-state index in [0.717, 1.165) is 12.1 Å².